The topological polar surface area (TPSA) is 93.1 Å². The number of carbonyl (C=O) groups is 2. The van der Waals surface area contributed by atoms with E-state index in [2.05, 4.69) is 13.8 Å². The zero-order chi connectivity index (χ0) is 23.5. The van der Waals surface area contributed by atoms with Crippen molar-refractivity contribution >= 4 is 11.7 Å². The molecule has 7 heteroatoms. The Balaban J connectivity index is 1.72. The van der Waals surface area contributed by atoms with Crippen molar-refractivity contribution < 1.29 is 28.3 Å². The predicted molar refractivity (Wildman–Crippen MR) is 121 cm³/mol. The molecule has 0 radical (unpaired) electrons. The minimum absolute atomic E-state index is 0.0276. The van der Waals surface area contributed by atoms with Crippen molar-refractivity contribution in [2.24, 2.45) is 5.92 Å². The summed E-state index contributed by atoms with van der Waals surface area (Å²) in [5.41, 5.74) is 0.618. The molecule has 7 nitrogen and oxygen atoms in total. The van der Waals surface area contributed by atoms with Crippen LogP contribution in [0.4, 0.5) is 0 Å². The van der Waals surface area contributed by atoms with E-state index in [4.69, 9.17) is 13.6 Å². The van der Waals surface area contributed by atoms with Crippen LogP contribution in [0.15, 0.2) is 75.0 Å². The van der Waals surface area contributed by atoms with Crippen LogP contribution in [0.3, 0.4) is 0 Å². The van der Waals surface area contributed by atoms with E-state index in [-0.39, 0.29) is 17.9 Å². The fraction of sp³-hybridized carbons (Fsp3) is 0.308. The van der Waals surface area contributed by atoms with E-state index in [1.807, 2.05) is 18.2 Å². The lowest BCUT2D eigenvalue weighted by atomic mass is 9.95. The number of hydrogen-bond acceptors (Lipinski definition) is 6. The molecule has 33 heavy (non-hydrogen) atoms. The number of Topliss-reactive ketones (excluding diaryl/α,β-unsaturated/α-hetero) is 1. The Labute approximate surface area is 192 Å². The van der Waals surface area contributed by atoms with Gasteiger partial charge in [0.15, 0.2) is 11.5 Å². The van der Waals surface area contributed by atoms with Crippen molar-refractivity contribution in [3.8, 4) is 5.75 Å². The highest BCUT2D eigenvalue weighted by Crippen LogP contribution is 2.41. The van der Waals surface area contributed by atoms with E-state index in [1.54, 1.807) is 37.3 Å². The monoisotopic (exact) mass is 449 g/mol. The van der Waals surface area contributed by atoms with Gasteiger partial charge in [-0.1, -0.05) is 26.0 Å². The SMILES string of the molecule is Cc1ccc(C(=O)C2=C(O)C(=O)N(Cc3ccco3)[C@@H]2c2cccc(OCCC(C)C)c2)o1. The van der Waals surface area contributed by atoms with Gasteiger partial charge in [0.2, 0.25) is 5.78 Å². The first-order valence-corrected chi connectivity index (χ1v) is 11.0. The number of furan rings is 2. The third kappa shape index (κ3) is 4.72. The molecule has 1 N–H and O–H groups in total. The fourth-order valence-corrected chi connectivity index (χ4v) is 3.84. The minimum atomic E-state index is -0.825. The molecule has 2 aromatic heterocycles. The van der Waals surface area contributed by atoms with Gasteiger partial charge in [0.1, 0.15) is 17.3 Å². The zero-order valence-corrected chi connectivity index (χ0v) is 18.9. The molecule has 0 fully saturated rings. The lowest BCUT2D eigenvalue weighted by Crippen LogP contribution is -2.30. The van der Waals surface area contributed by atoms with Crippen LogP contribution in [0.25, 0.3) is 0 Å². The standard InChI is InChI=1S/C26H27NO6/c1-16(2)11-13-32-19-7-4-6-18(14-19)23-22(24(28)21-10-9-17(3)33-21)25(29)26(30)27(23)15-20-8-5-12-31-20/h4-10,12,14,16,23,29H,11,13,15H2,1-3H3/t23-/m1/s1. The van der Waals surface area contributed by atoms with E-state index >= 15 is 0 Å². The Morgan fingerprint density at radius 2 is 2.00 bits per heavy atom. The maximum Gasteiger partial charge on any atom is 0.290 e. The average molecular weight is 450 g/mol. The molecule has 4 rings (SSSR count). The molecule has 1 aromatic carbocycles. The molecule has 1 atom stereocenters. The second-order valence-corrected chi connectivity index (χ2v) is 8.52. The molecule has 0 aliphatic carbocycles. The summed E-state index contributed by atoms with van der Waals surface area (Å²) in [5, 5.41) is 10.8. The number of amides is 1. The van der Waals surface area contributed by atoms with Crippen molar-refractivity contribution in [3.63, 3.8) is 0 Å². The maximum atomic E-state index is 13.3. The van der Waals surface area contributed by atoms with E-state index < -0.39 is 23.5 Å². The third-order valence-electron chi connectivity index (χ3n) is 5.56. The number of aliphatic hydroxyl groups excluding tert-OH is 1. The van der Waals surface area contributed by atoms with Gasteiger partial charge in [0.05, 0.1) is 31.0 Å². The second-order valence-electron chi connectivity index (χ2n) is 8.52. The molecule has 0 bridgehead atoms. The van der Waals surface area contributed by atoms with Crippen molar-refractivity contribution in [2.45, 2.75) is 39.8 Å². The van der Waals surface area contributed by atoms with E-state index in [0.29, 0.717) is 35.4 Å². The van der Waals surface area contributed by atoms with Gasteiger partial charge < -0.3 is 23.6 Å². The number of aliphatic hydroxyl groups is 1. The van der Waals surface area contributed by atoms with Gasteiger partial charge in [0, 0.05) is 0 Å². The van der Waals surface area contributed by atoms with Crippen LogP contribution in [-0.2, 0) is 11.3 Å². The van der Waals surface area contributed by atoms with Crippen LogP contribution in [0.1, 0.15) is 53.9 Å². The summed E-state index contributed by atoms with van der Waals surface area (Å²) in [5.74, 6) is 0.533. The summed E-state index contributed by atoms with van der Waals surface area (Å²) in [6.45, 7) is 6.62. The Kier molecular flexibility index (Phi) is 6.40. The van der Waals surface area contributed by atoms with Gasteiger partial charge in [0.25, 0.3) is 5.91 Å². The summed E-state index contributed by atoms with van der Waals surface area (Å²) >= 11 is 0. The zero-order valence-electron chi connectivity index (χ0n) is 18.9. The molecule has 3 heterocycles. The number of rotatable bonds is 9. The number of carbonyl (C=O) groups excluding carboxylic acids is 2. The summed E-state index contributed by atoms with van der Waals surface area (Å²) in [4.78, 5) is 27.8. The number of hydrogen-bond donors (Lipinski definition) is 1. The number of ether oxygens (including phenoxy) is 1. The van der Waals surface area contributed by atoms with E-state index in [9.17, 15) is 14.7 Å². The fourth-order valence-electron chi connectivity index (χ4n) is 3.84. The van der Waals surface area contributed by atoms with Gasteiger partial charge in [-0.3, -0.25) is 9.59 Å². The number of aryl methyl sites for hydroxylation is 1. The highest BCUT2D eigenvalue weighted by atomic mass is 16.5. The largest absolute Gasteiger partial charge is 0.503 e. The summed E-state index contributed by atoms with van der Waals surface area (Å²) in [7, 11) is 0. The molecule has 172 valence electrons. The van der Waals surface area contributed by atoms with Crippen LogP contribution >= 0.6 is 0 Å². The lowest BCUT2D eigenvalue weighted by Gasteiger charge is -2.26. The molecule has 1 aliphatic rings. The molecule has 0 saturated heterocycles. The Hall–Kier alpha value is -3.74. The first-order valence-electron chi connectivity index (χ1n) is 11.0. The normalized spacial score (nSPS) is 16.2. The van der Waals surface area contributed by atoms with Gasteiger partial charge in [-0.2, -0.15) is 0 Å². The quantitative estimate of drug-likeness (QED) is 0.441. The maximum absolute atomic E-state index is 13.3. The predicted octanol–water partition coefficient (Wildman–Crippen LogP) is 5.38. The minimum Gasteiger partial charge on any atom is -0.503 e. The van der Waals surface area contributed by atoms with Crippen LogP contribution < -0.4 is 4.74 Å². The van der Waals surface area contributed by atoms with E-state index in [0.717, 1.165) is 6.42 Å². The molecule has 0 spiro atoms. The van der Waals surface area contributed by atoms with E-state index in [1.165, 1.54) is 11.2 Å². The average Bonchev–Trinajstić information content (AvgIpc) is 3.51. The summed E-state index contributed by atoms with van der Waals surface area (Å²) in [6, 6.07) is 13.1. The second kappa shape index (κ2) is 9.40. The van der Waals surface area contributed by atoms with Crippen LogP contribution in [-0.4, -0.2) is 28.3 Å². The number of benzene rings is 1. The van der Waals surface area contributed by atoms with Gasteiger partial charge in [-0.25, -0.2) is 0 Å². The molecule has 1 aliphatic heterocycles. The van der Waals surface area contributed by atoms with Gasteiger partial charge in [-0.15, -0.1) is 0 Å². The Morgan fingerprint density at radius 3 is 2.67 bits per heavy atom. The molecule has 0 saturated carbocycles. The first kappa shape index (κ1) is 22.5. The van der Waals surface area contributed by atoms with Crippen LogP contribution in [0.2, 0.25) is 0 Å². The molecule has 0 unspecified atom stereocenters. The summed E-state index contributed by atoms with van der Waals surface area (Å²) in [6.07, 6.45) is 2.41. The highest BCUT2D eigenvalue weighted by molar-refractivity contribution is 6.15. The number of ketones is 1. The Morgan fingerprint density at radius 1 is 1.18 bits per heavy atom. The van der Waals surface area contributed by atoms with Gasteiger partial charge in [-0.05, 0) is 61.2 Å². The van der Waals surface area contributed by atoms with Crippen molar-refractivity contribution in [1.29, 1.82) is 0 Å². The lowest BCUT2D eigenvalue weighted by molar-refractivity contribution is -0.130. The Bertz CT molecular complexity index is 1170. The van der Waals surface area contributed by atoms with Crippen LogP contribution in [0, 0.1) is 12.8 Å². The third-order valence-corrected chi connectivity index (χ3v) is 5.56. The molecular formula is C26H27NO6. The van der Waals surface area contributed by atoms with Gasteiger partial charge >= 0.3 is 0 Å². The van der Waals surface area contributed by atoms with Crippen molar-refractivity contribution in [2.75, 3.05) is 6.61 Å². The van der Waals surface area contributed by atoms with Crippen molar-refractivity contribution in [1.82, 2.24) is 4.90 Å². The molecule has 1 amide bonds. The first-order chi connectivity index (χ1) is 15.8. The summed E-state index contributed by atoms with van der Waals surface area (Å²) < 4.78 is 16.8. The smallest absolute Gasteiger partial charge is 0.290 e. The molecular weight excluding hydrogens is 422 g/mol. The molecule has 3 aromatic rings. The van der Waals surface area contributed by atoms with Crippen molar-refractivity contribution in [3.05, 3.63) is 89.0 Å². The highest BCUT2D eigenvalue weighted by Gasteiger charge is 2.44. The van der Waals surface area contributed by atoms with Crippen LogP contribution in [0.5, 0.6) is 5.75 Å². The number of nitrogens with zero attached hydrogens (tertiary/aromatic N) is 1.